The first kappa shape index (κ1) is 16.0. The van der Waals surface area contributed by atoms with Crippen molar-refractivity contribution >= 4 is 43.3 Å². The van der Waals surface area contributed by atoms with Crippen LogP contribution in [0.25, 0.3) is 10.2 Å². The summed E-state index contributed by atoms with van der Waals surface area (Å²) >= 11 is 5.25. The van der Waals surface area contributed by atoms with E-state index >= 15 is 0 Å². The van der Waals surface area contributed by atoms with E-state index < -0.39 is 0 Å². The number of hydrogen-bond acceptors (Lipinski definition) is 5. The predicted molar refractivity (Wildman–Crippen MR) is 102 cm³/mol. The zero-order valence-corrected chi connectivity index (χ0v) is 15.6. The summed E-state index contributed by atoms with van der Waals surface area (Å²) in [5, 5.41) is 6.74. The number of anilines is 1. The summed E-state index contributed by atoms with van der Waals surface area (Å²) in [6, 6.07) is 10.7. The molecule has 6 heteroatoms. The van der Waals surface area contributed by atoms with E-state index in [0.717, 1.165) is 53.1 Å². The summed E-state index contributed by atoms with van der Waals surface area (Å²) < 4.78 is 6.74. The number of halogens is 1. The molecule has 1 aliphatic heterocycles. The summed E-state index contributed by atoms with van der Waals surface area (Å²) in [5.41, 5.74) is 1.42. The van der Waals surface area contributed by atoms with Crippen LogP contribution in [0.5, 0.6) is 0 Å². The van der Waals surface area contributed by atoms with Gasteiger partial charge in [0.05, 0.1) is 5.39 Å². The van der Waals surface area contributed by atoms with Gasteiger partial charge in [-0.25, -0.2) is 9.97 Å². The van der Waals surface area contributed by atoms with Gasteiger partial charge < -0.3 is 10.1 Å². The van der Waals surface area contributed by atoms with E-state index in [1.165, 1.54) is 5.56 Å². The Morgan fingerprint density at radius 1 is 1.21 bits per heavy atom. The molecule has 0 radical (unpaired) electrons. The van der Waals surface area contributed by atoms with Crippen LogP contribution in [0.4, 0.5) is 5.82 Å². The highest BCUT2D eigenvalue weighted by Crippen LogP contribution is 2.36. The maximum atomic E-state index is 5.62. The summed E-state index contributed by atoms with van der Waals surface area (Å²) in [6.45, 7) is 2.44. The zero-order chi connectivity index (χ0) is 16.4. The van der Waals surface area contributed by atoms with Crippen molar-refractivity contribution in [1.29, 1.82) is 0 Å². The highest BCUT2D eigenvalue weighted by molar-refractivity contribution is 9.10. The van der Waals surface area contributed by atoms with E-state index in [1.807, 2.05) is 0 Å². The molecule has 4 rings (SSSR count). The Labute approximate surface area is 153 Å². The lowest BCUT2D eigenvalue weighted by molar-refractivity contribution is 0.0543. The molecule has 0 saturated carbocycles. The molecule has 1 aliphatic rings. The van der Waals surface area contributed by atoms with E-state index in [4.69, 9.17) is 4.74 Å². The lowest BCUT2D eigenvalue weighted by Gasteiger charge is -2.38. The van der Waals surface area contributed by atoms with Gasteiger partial charge in [0, 0.05) is 29.6 Å². The van der Waals surface area contributed by atoms with E-state index in [1.54, 1.807) is 17.7 Å². The Morgan fingerprint density at radius 3 is 2.92 bits per heavy atom. The molecule has 1 fully saturated rings. The molecule has 1 saturated heterocycles. The lowest BCUT2D eigenvalue weighted by Crippen LogP contribution is -2.40. The van der Waals surface area contributed by atoms with E-state index in [0.29, 0.717) is 0 Å². The molecule has 3 aromatic rings. The zero-order valence-electron chi connectivity index (χ0n) is 13.2. The third kappa shape index (κ3) is 3.06. The number of nitrogens with one attached hydrogen (secondary N) is 1. The second kappa shape index (κ2) is 6.78. The number of thiophene rings is 1. The highest BCUT2D eigenvalue weighted by atomic mass is 79.9. The number of rotatable bonds is 4. The predicted octanol–water partition coefficient (Wildman–Crippen LogP) is 4.61. The minimum absolute atomic E-state index is 0.0648. The number of nitrogens with zero attached hydrogens (tertiary/aromatic N) is 2. The molecule has 0 unspecified atom stereocenters. The fourth-order valence-corrected chi connectivity index (χ4v) is 4.46. The molecular formula is C18H18BrN3OS. The Balaban J connectivity index is 1.64. The molecule has 0 bridgehead atoms. The maximum Gasteiger partial charge on any atom is 0.138 e. The quantitative estimate of drug-likeness (QED) is 0.690. The average molecular weight is 404 g/mol. The van der Waals surface area contributed by atoms with Crippen molar-refractivity contribution in [2.24, 2.45) is 0 Å². The largest absolute Gasteiger partial charge is 0.381 e. The molecule has 0 atom stereocenters. The van der Waals surface area contributed by atoms with E-state index in [2.05, 4.69) is 66.9 Å². The summed E-state index contributed by atoms with van der Waals surface area (Å²) in [7, 11) is 0. The van der Waals surface area contributed by atoms with Crippen LogP contribution in [0.15, 0.2) is 46.5 Å². The Morgan fingerprint density at radius 2 is 2.08 bits per heavy atom. The average Bonchev–Trinajstić information content (AvgIpc) is 3.10. The van der Waals surface area contributed by atoms with Crippen molar-refractivity contribution in [1.82, 2.24) is 9.97 Å². The van der Waals surface area contributed by atoms with Gasteiger partial charge in [-0.3, -0.25) is 0 Å². The first-order valence-corrected chi connectivity index (χ1v) is 9.70. The van der Waals surface area contributed by atoms with Gasteiger partial charge in [0.2, 0.25) is 0 Å². The third-order valence-electron chi connectivity index (χ3n) is 4.74. The van der Waals surface area contributed by atoms with Crippen molar-refractivity contribution in [3.63, 3.8) is 0 Å². The summed E-state index contributed by atoms with van der Waals surface area (Å²) in [5.74, 6) is 0.919. The maximum absolute atomic E-state index is 5.62. The van der Waals surface area contributed by atoms with Crippen molar-refractivity contribution in [2.45, 2.75) is 18.3 Å². The SMILES string of the molecule is Brc1cccc(C2(CNc3ncnc4sccc34)CCOCC2)c1. The van der Waals surface area contributed by atoms with E-state index in [9.17, 15) is 0 Å². The molecule has 2 aromatic heterocycles. The van der Waals surface area contributed by atoms with Crippen LogP contribution in [0, 0.1) is 0 Å². The Kier molecular flexibility index (Phi) is 4.52. The molecule has 1 N–H and O–H groups in total. The number of hydrogen-bond donors (Lipinski definition) is 1. The number of ether oxygens (including phenoxy) is 1. The van der Waals surface area contributed by atoms with Crippen molar-refractivity contribution in [3.05, 3.63) is 52.1 Å². The van der Waals surface area contributed by atoms with Gasteiger partial charge in [0.25, 0.3) is 0 Å². The van der Waals surface area contributed by atoms with Crippen molar-refractivity contribution in [2.75, 3.05) is 25.1 Å². The van der Waals surface area contributed by atoms with Gasteiger partial charge in [-0.2, -0.15) is 0 Å². The lowest BCUT2D eigenvalue weighted by atomic mass is 9.74. The van der Waals surface area contributed by atoms with Crippen LogP contribution in [-0.2, 0) is 10.2 Å². The molecule has 3 heterocycles. The first-order valence-electron chi connectivity index (χ1n) is 8.03. The first-order chi connectivity index (χ1) is 11.8. The van der Waals surface area contributed by atoms with Gasteiger partial charge in [0.15, 0.2) is 0 Å². The molecule has 0 aliphatic carbocycles. The van der Waals surface area contributed by atoms with Crippen LogP contribution >= 0.6 is 27.3 Å². The number of fused-ring (bicyclic) bond motifs is 1. The van der Waals surface area contributed by atoms with Crippen LogP contribution in [0.3, 0.4) is 0 Å². The van der Waals surface area contributed by atoms with Gasteiger partial charge >= 0.3 is 0 Å². The van der Waals surface area contributed by atoms with Crippen LogP contribution in [0.2, 0.25) is 0 Å². The fraction of sp³-hybridized carbons (Fsp3) is 0.333. The molecule has 24 heavy (non-hydrogen) atoms. The van der Waals surface area contributed by atoms with E-state index in [-0.39, 0.29) is 5.41 Å². The molecule has 4 nitrogen and oxygen atoms in total. The smallest absolute Gasteiger partial charge is 0.138 e. The van der Waals surface area contributed by atoms with Crippen LogP contribution < -0.4 is 5.32 Å². The topological polar surface area (TPSA) is 47.0 Å². The fourth-order valence-electron chi connectivity index (χ4n) is 3.33. The Bertz CT molecular complexity index is 845. The van der Waals surface area contributed by atoms with Crippen molar-refractivity contribution in [3.8, 4) is 0 Å². The standard InChI is InChI=1S/C18H18BrN3OS/c19-14-3-1-2-13(10-14)18(5-7-23-8-6-18)11-20-16-15-4-9-24-17(15)22-12-21-16/h1-4,9-10,12H,5-8,11H2,(H,20,21,22). The normalized spacial score (nSPS) is 17.0. The third-order valence-corrected chi connectivity index (χ3v) is 6.06. The minimum atomic E-state index is 0.0648. The summed E-state index contributed by atoms with van der Waals surface area (Å²) in [6.07, 6.45) is 3.65. The number of benzene rings is 1. The molecule has 0 amide bonds. The second-order valence-electron chi connectivity index (χ2n) is 6.12. The highest BCUT2D eigenvalue weighted by Gasteiger charge is 2.34. The monoisotopic (exact) mass is 403 g/mol. The molecular weight excluding hydrogens is 386 g/mol. The van der Waals surface area contributed by atoms with Gasteiger partial charge in [-0.15, -0.1) is 11.3 Å². The summed E-state index contributed by atoms with van der Waals surface area (Å²) in [4.78, 5) is 9.80. The molecule has 124 valence electrons. The molecule has 0 spiro atoms. The number of aromatic nitrogens is 2. The minimum Gasteiger partial charge on any atom is -0.381 e. The van der Waals surface area contributed by atoms with Crippen LogP contribution in [-0.4, -0.2) is 29.7 Å². The van der Waals surface area contributed by atoms with Gasteiger partial charge in [-0.1, -0.05) is 28.1 Å². The van der Waals surface area contributed by atoms with Crippen molar-refractivity contribution < 1.29 is 4.74 Å². The second-order valence-corrected chi connectivity index (χ2v) is 7.93. The van der Waals surface area contributed by atoms with Crippen LogP contribution in [0.1, 0.15) is 18.4 Å². The van der Waals surface area contributed by atoms with Gasteiger partial charge in [-0.05, 0) is 42.0 Å². The molecule has 1 aromatic carbocycles. The van der Waals surface area contributed by atoms with Gasteiger partial charge in [0.1, 0.15) is 17.0 Å². The Hall–Kier alpha value is -1.50.